The van der Waals surface area contributed by atoms with Crippen molar-refractivity contribution in [2.75, 3.05) is 0 Å². The molecule has 0 aromatic heterocycles. The van der Waals surface area contributed by atoms with Crippen molar-refractivity contribution in [1.82, 2.24) is 0 Å². The van der Waals surface area contributed by atoms with Gasteiger partial charge < -0.3 is 9.84 Å². The number of ether oxygens (including phenoxy) is 1. The third-order valence-corrected chi connectivity index (χ3v) is 10.1. The van der Waals surface area contributed by atoms with Crippen LogP contribution in [0.25, 0.3) is 0 Å². The minimum absolute atomic E-state index is 0.0444. The summed E-state index contributed by atoms with van der Waals surface area (Å²) in [6.45, 7) is 3.00. The summed E-state index contributed by atoms with van der Waals surface area (Å²) >= 11 is 2.35. The predicted molar refractivity (Wildman–Crippen MR) is 145 cm³/mol. The first-order chi connectivity index (χ1) is 16.5. The van der Waals surface area contributed by atoms with Crippen LogP contribution in [0.4, 0.5) is 0 Å². The zero-order valence-electron chi connectivity index (χ0n) is 19.8. The number of aliphatic hydroxyl groups is 1. The Kier molecular flexibility index (Phi) is 5.76. The van der Waals surface area contributed by atoms with Gasteiger partial charge in [0.1, 0.15) is 12.4 Å². The Labute approximate surface area is 216 Å². The number of hydrogen-bond acceptors (Lipinski definition) is 2. The zero-order valence-corrected chi connectivity index (χ0v) is 22.0. The van der Waals surface area contributed by atoms with E-state index < -0.39 is 5.60 Å². The molecule has 6 rings (SSSR count). The molecule has 1 N–H and O–H groups in total. The molecule has 0 amide bonds. The summed E-state index contributed by atoms with van der Waals surface area (Å²) in [4.78, 5) is 0. The van der Waals surface area contributed by atoms with E-state index in [0.29, 0.717) is 24.4 Å². The Morgan fingerprint density at radius 3 is 2.53 bits per heavy atom. The van der Waals surface area contributed by atoms with E-state index in [9.17, 15) is 5.11 Å². The van der Waals surface area contributed by atoms with Gasteiger partial charge in [0.15, 0.2) is 0 Å². The van der Waals surface area contributed by atoms with Gasteiger partial charge in [0.2, 0.25) is 0 Å². The molecule has 0 heterocycles. The third kappa shape index (κ3) is 3.62. The van der Waals surface area contributed by atoms with Crippen molar-refractivity contribution in [3.8, 4) is 5.75 Å². The quantitative estimate of drug-likeness (QED) is 0.331. The molecule has 3 aliphatic rings. The van der Waals surface area contributed by atoms with Gasteiger partial charge in [0.25, 0.3) is 0 Å². The molecule has 0 spiro atoms. The van der Waals surface area contributed by atoms with Crippen LogP contribution < -0.4 is 4.74 Å². The maximum atomic E-state index is 12.1. The monoisotopic (exact) mass is 564 g/mol. The SMILES string of the molecule is C[C@]12CC[C@@H]3c4ccc(OCc5ccccc5)cc4CC[C@H]3[C@@H]1CC[C@@]2(O)c1ccc(I)cc1. The number of halogens is 1. The van der Waals surface area contributed by atoms with Crippen LogP contribution in [0.2, 0.25) is 0 Å². The van der Waals surface area contributed by atoms with Gasteiger partial charge in [-0.25, -0.2) is 0 Å². The lowest BCUT2D eigenvalue weighted by molar-refractivity contribution is -0.108. The van der Waals surface area contributed by atoms with Crippen molar-refractivity contribution in [3.05, 3.63) is 98.6 Å². The van der Waals surface area contributed by atoms with E-state index >= 15 is 0 Å². The highest BCUT2D eigenvalue weighted by atomic mass is 127. The average Bonchev–Trinajstić information content (AvgIpc) is 3.15. The molecule has 0 bridgehead atoms. The van der Waals surface area contributed by atoms with Crippen LogP contribution in [0.5, 0.6) is 5.75 Å². The minimum Gasteiger partial charge on any atom is -0.489 e. The number of benzene rings is 3. The lowest BCUT2D eigenvalue weighted by atomic mass is 9.52. The Balaban J connectivity index is 1.23. The van der Waals surface area contributed by atoms with Crippen molar-refractivity contribution in [1.29, 1.82) is 0 Å². The Morgan fingerprint density at radius 2 is 1.74 bits per heavy atom. The standard InChI is InChI=1S/C31H33IO2/c1-30-17-15-27-26-14-12-25(34-20-21-5-3-2-4-6-21)19-22(26)7-13-28(27)29(30)16-18-31(30,33)23-8-10-24(32)11-9-23/h2-6,8-12,14,19,27-29,33H,7,13,15-18,20H2,1H3/t27-,28-,29+,30+,31-/m1/s1. The highest BCUT2D eigenvalue weighted by Crippen LogP contribution is 2.67. The first kappa shape index (κ1) is 22.6. The van der Waals surface area contributed by atoms with E-state index in [2.05, 4.69) is 96.2 Å². The molecule has 3 heteroatoms. The molecule has 0 saturated heterocycles. The molecule has 176 valence electrons. The number of rotatable bonds is 4. The van der Waals surface area contributed by atoms with Gasteiger partial charge in [-0.05, 0) is 125 Å². The predicted octanol–water partition coefficient (Wildman–Crippen LogP) is 7.61. The van der Waals surface area contributed by atoms with Crippen molar-refractivity contribution in [2.45, 2.75) is 63.6 Å². The summed E-state index contributed by atoms with van der Waals surface area (Å²) in [6, 6.07) is 25.8. The second-order valence-electron chi connectivity index (χ2n) is 10.9. The van der Waals surface area contributed by atoms with Crippen LogP contribution in [0, 0.1) is 20.8 Å². The van der Waals surface area contributed by atoms with E-state index in [1.807, 2.05) is 6.07 Å². The maximum absolute atomic E-state index is 12.1. The molecule has 3 aliphatic carbocycles. The molecule has 0 aliphatic heterocycles. The van der Waals surface area contributed by atoms with Gasteiger partial charge in [-0.1, -0.05) is 55.5 Å². The van der Waals surface area contributed by atoms with E-state index in [0.717, 1.165) is 37.0 Å². The third-order valence-electron chi connectivity index (χ3n) is 9.42. The summed E-state index contributed by atoms with van der Waals surface area (Å²) in [5, 5.41) is 12.1. The van der Waals surface area contributed by atoms with E-state index in [-0.39, 0.29) is 5.41 Å². The van der Waals surface area contributed by atoms with Gasteiger partial charge in [-0.3, -0.25) is 0 Å². The van der Waals surface area contributed by atoms with Crippen LogP contribution in [-0.2, 0) is 18.6 Å². The highest BCUT2D eigenvalue weighted by molar-refractivity contribution is 14.1. The summed E-state index contributed by atoms with van der Waals surface area (Å²) in [6.07, 6.45) is 6.62. The molecule has 34 heavy (non-hydrogen) atoms. The van der Waals surface area contributed by atoms with Crippen molar-refractivity contribution < 1.29 is 9.84 Å². The largest absolute Gasteiger partial charge is 0.489 e. The highest BCUT2D eigenvalue weighted by Gasteiger charge is 2.62. The maximum Gasteiger partial charge on any atom is 0.120 e. The Bertz CT molecular complexity index is 1170. The molecular weight excluding hydrogens is 531 g/mol. The lowest BCUT2D eigenvalue weighted by Crippen LogP contribution is -2.49. The van der Waals surface area contributed by atoms with Crippen molar-refractivity contribution >= 4 is 22.6 Å². The molecule has 3 aromatic rings. The summed E-state index contributed by atoms with van der Waals surface area (Å²) < 4.78 is 7.36. The molecule has 3 aromatic carbocycles. The van der Waals surface area contributed by atoms with E-state index in [1.54, 1.807) is 0 Å². The lowest BCUT2D eigenvalue weighted by Gasteiger charge is -2.53. The number of hydrogen-bond donors (Lipinski definition) is 1. The Hall–Kier alpha value is -1.85. The van der Waals surface area contributed by atoms with Crippen molar-refractivity contribution in [3.63, 3.8) is 0 Å². The zero-order chi connectivity index (χ0) is 23.3. The number of aryl methyl sites for hydroxylation is 1. The normalized spacial score (nSPS) is 31.9. The number of fused-ring (bicyclic) bond motifs is 5. The molecule has 2 nitrogen and oxygen atoms in total. The topological polar surface area (TPSA) is 29.5 Å². The van der Waals surface area contributed by atoms with E-state index in [1.165, 1.54) is 33.1 Å². The minimum atomic E-state index is -0.706. The second-order valence-corrected chi connectivity index (χ2v) is 12.2. The van der Waals surface area contributed by atoms with E-state index in [4.69, 9.17) is 4.74 Å². The first-order valence-electron chi connectivity index (χ1n) is 12.8. The fraction of sp³-hybridized carbons (Fsp3) is 0.419. The fourth-order valence-electron chi connectivity index (χ4n) is 7.61. The van der Waals surface area contributed by atoms with Gasteiger partial charge in [0.05, 0.1) is 5.60 Å². The summed E-state index contributed by atoms with van der Waals surface area (Å²) in [5.74, 6) is 2.85. The van der Waals surface area contributed by atoms with Crippen LogP contribution in [0.1, 0.15) is 67.2 Å². The first-order valence-corrected chi connectivity index (χ1v) is 13.8. The summed E-state index contributed by atoms with van der Waals surface area (Å²) in [5.41, 5.74) is 4.58. The van der Waals surface area contributed by atoms with Crippen LogP contribution in [-0.4, -0.2) is 5.11 Å². The summed E-state index contributed by atoms with van der Waals surface area (Å²) in [7, 11) is 0. The van der Waals surface area contributed by atoms with Crippen molar-refractivity contribution in [2.24, 2.45) is 17.3 Å². The van der Waals surface area contributed by atoms with Gasteiger partial charge >= 0.3 is 0 Å². The molecule has 0 unspecified atom stereocenters. The van der Waals surface area contributed by atoms with Crippen LogP contribution >= 0.6 is 22.6 Å². The molecule has 5 atom stereocenters. The van der Waals surface area contributed by atoms with Crippen LogP contribution in [0.15, 0.2) is 72.8 Å². The Morgan fingerprint density at radius 1 is 0.941 bits per heavy atom. The smallest absolute Gasteiger partial charge is 0.120 e. The van der Waals surface area contributed by atoms with Gasteiger partial charge in [0, 0.05) is 8.99 Å². The molecule has 0 radical (unpaired) electrons. The molecular formula is C31H33IO2. The van der Waals surface area contributed by atoms with Gasteiger partial charge in [-0.2, -0.15) is 0 Å². The second kappa shape index (κ2) is 8.67. The van der Waals surface area contributed by atoms with Gasteiger partial charge in [-0.15, -0.1) is 0 Å². The molecule has 2 saturated carbocycles. The molecule has 2 fully saturated rings. The van der Waals surface area contributed by atoms with Crippen LogP contribution in [0.3, 0.4) is 0 Å². The average molecular weight is 565 g/mol. The fourth-order valence-corrected chi connectivity index (χ4v) is 7.96.